The summed E-state index contributed by atoms with van der Waals surface area (Å²) in [5.41, 5.74) is 2.53. The Balaban J connectivity index is 2.06. The van der Waals surface area contributed by atoms with Crippen LogP contribution in [0.15, 0.2) is 53.3 Å². The van der Waals surface area contributed by atoms with Crippen LogP contribution in [0.5, 0.6) is 17.2 Å². The predicted octanol–water partition coefficient (Wildman–Crippen LogP) is 4.03. The molecule has 0 atom stereocenters. The lowest BCUT2D eigenvalue weighted by atomic mass is 10.1. The molecule has 2 aromatic carbocycles. The standard InChI is InChI=1S/C18H17NO4/c1-20-14-6-4-12(5-7-14)17-18(23-11-19-17)13-8-15(21-2)10-16(9-13)22-3/h4-11H,1-3H3. The fourth-order valence-electron chi connectivity index (χ4n) is 2.34. The van der Waals surface area contributed by atoms with Crippen molar-refractivity contribution in [3.63, 3.8) is 0 Å². The van der Waals surface area contributed by atoms with E-state index in [0.29, 0.717) is 17.3 Å². The van der Waals surface area contributed by atoms with Gasteiger partial charge in [0.2, 0.25) is 0 Å². The third-order valence-electron chi connectivity index (χ3n) is 3.54. The molecule has 1 heterocycles. The first-order valence-electron chi connectivity index (χ1n) is 7.06. The van der Waals surface area contributed by atoms with Gasteiger partial charge in [-0.1, -0.05) is 0 Å². The van der Waals surface area contributed by atoms with Crippen molar-refractivity contribution in [3.8, 4) is 39.8 Å². The Bertz CT molecular complexity index is 771. The van der Waals surface area contributed by atoms with Crippen LogP contribution in [-0.4, -0.2) is 26.3 Å². The van der Waals surface area contributed by atoms with Gasteiger partial charge in [0.15, 0.2) is 12.2 Å². The molecular formula is C18H17NO4. The van der Waals surface area contributed by atoms with Crippen LogP contribution in [0.4, 0.5) is 0 Å². The van der Waals surface area contributed by atoms with Crippen LogP contribution < -0.4 is 14.2 Å². The Kier molecular flexibility index (Phi) is 4.19. The number of nitrogens with zero attached hydrogens (tertiary/aromatic N) is 1. The zero-order chi connectivity index (χ0) is 16.2. The Morgan fingerprint density at radius 3 is 1.91 bits per heavy atom. The Labute approximate surface area is 134 Å². The van der Waals surface area contributed by atoms with Gasteiger partial charge in [-0.3, -0.25) is 0 Å². The number of benzene rings is 2. The van der Waals surface area contributed by atoms with Crippen molar-refractivity contribution in [1.82, 2.24) is 4.98 Å². The van der Waals surface area contributed by atoms with E-state index in [0.717, 1.165) is 22.6 Å². The second kappa shape index (κ2) is 6.44. The van der Waals surface area contributed by atoms with Crippen LogP contribution >= 0.6 is 0 Å². The molecule has 0 saturated carbocycles. The molecule has 3 rings (SSSR count). The van der Waals surface area contributed by atoms with Crippen molar-refractivity contribution in [2.24, 2.45) is 0 Å². The van der Waals surface area contributed by atoms with Gasteiger partial charge in [0.25, 0.3) is 0 Å². The number of ether oxygens (including phenoxy) is 3. The molecule has 1 aromatic heterocycles. The number of oxazole rings is 1. The second-order valence-electron chi connectivity index (χ2n) is 4.86. The largest absolute Gasteiger partial charge is 0.497 e. The monoisotopic (exact) mass is 311 g/mol. The molecule has 5 nitrogen and oxygen atoms in total. The molecule has 118 valence electrons. The van der Waals surface area contributed by atoms with E-state index < -0.39 is 0 Å². The summed E-state index contributed by atoms with van der Waals surface area (Å²) in [4.78, 5) is 4.34. The molecule has 0 spiro atoms. The van der Waals surface area contributed by atoms with Gasteiger partial charge in [0.05, 0.1) is 21.3 Å². The third-order valence-corrected chi connectivity index (χ3v) is 3.54. The maximum atomic E-state index is 5.61. The Hall–Kier alpha value is -2.95. The highest BCUT2D eigenvalue weighted by atomic mass is 16.5. The zero-order valence-electron chi connectivity index (χ0n) is 13.2. The highest BCUT2D eigenvalue weighted by molar-refractivity contribution is 5.78. The number of methoxy groups -OCH3 is 3. The van der Waals surface area contributed by atoms with Crippen molar-refractivity contribution >= 4 is 0 Å². The van der Waals surface area contributed by atoms with Gasteiger partial charge in [-0.2, -0.15) is 0 Å². The van der Waals surface area contributed by atoms with Crippen molar-refractivity contribution < 1.29 is 18.6 Å². The lowest BCUT2D eigenvalue weighted by molar-refractivity contribution is 0.394. The molecule has 3 aromatic rings. The highest BCUT2D eigenvalue weighted by Gasteiger charge is 2.15. The molecule has 0 fully saturated rings. The molecule has 0 N–H and O–H groups in total. The molecular weight excluding hydrogens is 294 g/mol. The quantitative estimate of drug-likeness (QED) is 0.712. The van der Waals surface area contributed by atoms with Crippen LogP contribution in [0, 0.1) is 0 Å². The zero-order valence-corrected chi connectivity index (χ0v) is 13.2. The van der Waals surface area contributed by atoms with E-state index in [2.05, 4.69) is 4.98 Å². The molecule has 23 heavy (non-hydrogen) atoms. The first kappa shape index (κ1) is 15.0. The maximum Gasteiger partial charge on any atom is 0.182 e. The Morgan fingerprint density at radius 2 is 1.35 bits per heavy atom. The number of hydrogen-bond donors (Lipinski definition) is 0. The van der Waals surface area contributed by atoms with Crippen LogP contribution in [0.25, 0.3) is 22.6 Å². The third kappa shape index (κ3) is 2.99. The molecule has 0 radical (unpaired) electrons. The topological polar surface area (TPSA) is 53.7 Å². The first-order valence-corrected chi connectivity index (χ1v) is 7.06. The summed E-state index contributed by atoms with van der Waals surface area (Å²) in [5, 5.41) is 0. The summed E-state index contributed by atoms with van der Waals surface area (Å²) in [6.45, 7) is 0. The van der Waals surface area contributed by atoms with E-state index in [1.54, 1.807) is 21.3 Å². The summed E-state index contributed by atoms with van der Waals surface area (Å²) in [6.07, 6.45) is 1.43. The lowest BCUT2D eigenvalue weighted by Crippen LogP contribution is -1.89. The van der Waals surface area contributed by atoms with Crippen LogP contribution in [0.2, 0.25) is 0 Å². The minimum atomic E-state index is 0.660. The molecule has 0 bridgehead atoms. The summed E-state index contributed by atoms with van der Waals surface area (Å²) in [7, 11) is 4.87. The summed E-state index contributed by atoms with van der Waals surface area (Å²) in [5.74, 6) is 2.84. The van der Waals surface area contributed by atoms with Gasteiger partial charge < -0.3 is 18.6 Å². The van der Waals surface area contributed by atoms with Crippen LogP contribution in [0.3, 0.4) is 0 Å². The van der Waals surface area contributed by atoms with E-state index in [-0.39, 0.29) is 0 Å². The average molecular weight is 311 g/mol. The highest BCUT2D eigenvalue weighted by Crippen LogP contribution is 2.35. The van der Waals surface area contributed by atoms with Gasteiger partial charge in [-0.05, 0) is 36.4 Å². The summed E-state index contributed by atoms with van der Waals surface area (Å²) in [6, 6.07) is 13.2. The van der Waals surface area contributed by atoms with Crippen molar-refractivity contribution in [1.29, 1.82) is 0 Å². The minimum absolute atomic E-state index is 0.660. The predicted molar refractivity (Wildman–Crippen MR) is 87.0 cm³/mol. The van der Waals surface area contributed by atoms with Gasteiger partial charge >= 0.3 is 0 Å². The maximum absolute atomic E-state index is 5.61. The summed E-state index contributed by atoms with van der Waals surface area (Å²) >= 11 is 0. The average Bonchev–Trinajstić information content (AvgIpc) is 3.11. The smallest absolute Gasteiger partial charge is 0.182 e. The van der Waals surface area contributed by atoms with Crippen molar-refractivity contribution in [2.75, 3.05) is 21.3 Å². The molecule has 5 heteroatoms. The molecule has 0 unspecified atom stereocenters. The Morgan fingerprint density at radius 1 is 0.739 bits per heavy atom. The van der Waals surface area contributed by atoms with Gasteiger partial charge in [0, 0.05) is 17.2 Å². The van der Waals surface area contributed by atoms with Crippen molar-refractivity contribution in [3.05, 3.63) is 48.9 Å². The summed E-state index contributed by atoms with van der Waals surface area (Å²) < 4.78 is 21.4. The van der Waals surface area contributed by atoms with E-state index in [9.17, 15) is 0 Å². The van der Waals surface area contributed by atoms with E-state index in [4.69, 9.17) is 18.6 Å². The fourth-order valence-corrected chi connectivity index (χ4v) is 2.34. The number of rotatable bonds is 5. The molecule has 0 aliphatic carbocycles. The minimum Gasteiger partial charge on any atom is -0.497 e. The van der Waals surface area contributed by atoms with Gasteiger partial charge in [-0.25, -0.2) is 4.98 Å². The van der Waals surface area contributed by atoms with E-state index in [1.165, 1.54) is 6.39 Å². The normalized spacial score (nSPS) is 10.4. The molecule has 0 saturated heterocycles. The fraction of sp³-hybridized carbons (Fsp3) is 0.167. The lowest BCUT2D eigenvalue weighted by Gasteiger charge is -2.08. The first-order chi connectivity index (χ1) is 11.2. The molecule has 0 aliphatic rings. The second-order valence-corrected chi connectivity index (χ2v) is 4.86. The van der Waals surface area contributed by atoms with Gasteiger partial charge in [0.1, 0.15) is 22.9 Å². The molecule has 0 amide bonds. The SMILES string of the molecule is COc1ccc(-c2ncoc2-c2cc(OC)cc(OC)c2)cc1. The van der Waals surface area contributed by atoms with Crippen LogP contribution in [-0.2, 0) is 0 Å². The van der Waals surface area contributed by atoms with Crippen LogP contribution in [0.1, 0.15) is 0 Å². The van der Waals surface area contributed by atoms with E-state index >= 15 is 0 Å². The van der Waals surface area contributed by atoms with E-state index in [1.807, 2.05) is 42.5 Å². The van der Waals surface area contributed by atoms with Gasteiger partial charge in [-0.15, -0.1) is 0 Å². The molecule has 0 aliphatic heterocycles. The number of hydrogen-bond acceptors (Lipinski definition) is 5. The number of aromatic nitrogens is 1. The van der Waals surface area contributed by atoms with Crippen molar-refractivity contribution in [2.45, 2.75) is 0 Å².